The number of methoxy groups -OCH3 is 1. The Balaban J connectivity index is 0.000000197. The number of carbonyl (C=O) groups is 8. The number of unbranched alkanes of at least 4 members (excludes halogenated alkanes) is 8. The zero-order valence-electron chi connectivity index (χ0n) is 77.6. The highest BCUT2D eigenvalue weighted by Crippen LogP contribution is 2.33. The van der Waals surface area contributed by atoms with Crippen molar-refractivity contribution in [2.24, 2.45) is 5.92 Å². The van der Waals surface area contributed by atoms with E-state index in [4.69, 9.17) is 33.2 Å². The number of benzene rings is 12. The molecule has 3 atom stereocenters. The molecule has 1 aliphatic carbocycles. The molecule has 712 valence electrons. The van der Waals surface area contributed by atoms with Crippen molar-refractivity contribution >= 4 is 75.9 Å². The fourth-order valence-electron chi connectivity index (χ4n) is 14.8. The van der Waals surface area contributed by atoms with Crippen molar-refractivity contribution in [2.75, 3.05) is 48.2 Å². The normalized spacial score (nSPS) is 12.0. The van der Waals surface area contributed by atoms with Crippen LogP contribution >= 0.6 is 0 Å². The predicted octanol–water partition coefficient (Wildman–Crippen LogP) is 22.4. The summed E-state index contributed by atoms with van der Waals surface area (Å²) in [7, 11) is 1.58. The zero-order valence-corrected chi connectivity index (χ0v) is 77.6. The summed E-state index contributed by atoms with van der Waals surface area (Å²) in [5.74, 6) is 0.683. The molecule has 0 heterocycles. The quantitative estimate of drug-likeness (QED) is 0.0158. The number of hydrogen-bond acceptors (Lipinski definition) is 17. The van der Waals surface area contributed by atoms with Crippen LogP contribution in [0.5, 0.6) is 46.0 Å². The maximum absolute atomic E-state index is 12.9. The molecule has 12 aromatic carbocycles. The van der Waals surface area contributed by atoms with E-state index in [0.717, 1.165) is 99.1 Å². The number of carboxylic acids is 3. The third-order valence-electron chi connectivity index (χ3n) is 22.5. The van der Waals surface area contributed by atoms with Gasteiger partial charge in [0, 0.05) is 70.1 Å². The second kappa shape index (κ2) is 55.2. The Morgan fingerprint density at radius 3 is 1.05 bits per heavy atom. The fraction of sp³-hybridized carbons (Fsp3) is 0.268. The Morgan fingerprint density at radius 1 is 0.336 bits per heavy atom. The van der Waals surface area contributed by atoms with Crippen molar-refractivity contribution < 1.29 is 86.8 Å². The van der Waals surface area contributed by atoms with Crippen molar-refractivity contribution in [1.82, 2.24) is 16.0 Å². The number of allylic oxidation sites excluding steroid dienone is 1. The van der Waals surface area contributed by atoms with Crippen LogP contribution in [-0.4, -0.2) is 108 Å². The van der Waals surface area contributed by atoms with Crippen molar-refractivity contribution in [1.29, 1.82) is 0 Å². The lowest BCUT2D eigenvalue weighted by atomic mass is 10.0. The highest BCUT2D eigenvalue weighted by molar-refractivity contribution is 6.00. The number of carboxylic acid groups (broad SMARTS) is 3. The van der Waals surface area contributed by atoms with Gasteiger partial charge in [0.2, 0.25) is 11.8 Å². The van der Waals surface area contributed by atoms with E-state index >= 15 is 0 Å². The summed E-state index contributed by atoms with van der Waals surface area (Å²) in [4.78, 5) is 99.2. The molecule has 0 spiro atoms. The van der Waals surface area contributed by atoms with Gasteiger partial charge < -0.3 is 85.7 Å². The van der Waals surface area contributed by atoms with Crippen LogP contribution in [0.1, 0.15) is 168 Å². The predicted molar refractivity (Wildman–Crippen MR) is 533 cm³/mol. The van der Waals surface area contributed by atoms with Gasteiger partial charge in [-0.3, -0.25) is 24.0 Å². The number of ether oxygens (including phenoxy) is 7. The van der Waals surface area contributed by atoms with E-state index in [-0.39, 0.29) is 55.2 Å². The first-order valence-corrected chi connectivity index (χ1v) is 46.5. The second-order valence-electron chi connectivity index (χ2n) is 33.2. The lowest BCUT2D eigenvalue weighted by molar-refractivity contribution is -0.140. The standard InChI is InChI=1S/2C38H42N2O7.C36H37N3O4/c1-3-4-5-6-7-24-46-32-20-22-34(23-21-32)47-33-18-10-27(11-19-33)25-35(38(43)44)40-37(42)29-12-14-30(15-13-29)39-36(41)26-28-8-16-31(45-2)17-9-28;1-2-3-4-5-9-24-46-32-20-22-34(23-21-32)47-33-18-12-28(13-19-33)25-35(38(43)44)40-37(42)30-14-16-31(17-15-30)39-36(41)27-45-26-29-10-7-6-8-11-29;1-25(28-9-5-6-10-28)37-30-17-13-29(14-18-30)35(40)39-34(36(41)42)23-26-11-15-31(16-12-26)38-32-19-21-33(22-20-32)43-24-27-7-3-2-4-8-27/h8-23,35H,3-7,24-26H2,1-2H3,(H,39,41)(H,40,42)(H,43,44);6-8,10-23,35H,2-5,9,24-27H2,1H3,(H,39,41)(H,40,42)(H,43,44);2-4,7-8,11-22,28,34,37-38H,1,5-6,9-10,23-24H2,(H,39,40)(H,41,42)/t2*35-;34-/m000/s1. The van der Waals surface area contributed by atoms with Crippen LogP contribution in [0.2, 0.25) is 0 Å². The van der Waals surface area contributed by atoms with Crippen LogP contribution in [0.15, 0.2) is 316 Å². The van der Waals surface area contributed by atoms with Crippen molar-refractivity contribution in [3.8, 4) is 46.0 Å². The third-order valence-corrected chi connectivity index (χ3v) is 22.5. The van der Waals surface area contributed by atoms with E-state index in [2.05, 4.69) is 57.6 Å². The van der Waals surface area contributed by atoms with Gasteiger partial charge in [-0.25, -0.2) is 14.4 Å². The van der Waals surface area contributed by atoms with Crippen LogP contribution in [0, 0.1) is 5.92 Å². The Morgan fingerprint density at radius 2 is 0.657 bits per heavy atom. The van der Waals surface area contributed by atoms with E-state index in [1.54, 1.807) is 104 Å². The molecule has 137 heavy (non-hydrogen) atoms. The molecule has 10 N–H and O–H groups in total. The number of nitrogens with one attached hydrogen (secondary N) is 7. The molecule has 12 aromatic rings. The van der Waals surface area contributed by atoms with Gasteiger partial charge in [0.05, 0.1) is 33.4 Å². The molecule has 5 amide bonds. The summed E-state index contributed by atoms with van der Waals surface area (Å²) >= 11 is 0. The number of anilines is 5. The Labute approximate surface area is 800 Å². The molecule has 25 heteroatoms. The zero-order chi connectivity index (χ0) is 96.7. The molecule has 0 aliphatic heterocycles. The summed E-state index contributed by atoms with van der Waals surface area (Å²) in [6.07, 6.45) is 17.2. The maximum Gasteiger partial charge on any atom is 0.326 e. The minimum absolute atomic E-state index is 0.0863. The first-order valence-electron chi connectivity index (χ1n) is 46.5. The minimum atomic E-state index is -1.15. The largest absolute Gasteiger partial charge is 0.497 e. The molecular formula is C112H121N7O18. The van der Waals surface area contributed by atoms with Gasteiger partial charge >= 0.3 is 17.9 Å². The van der Waals surface area contributed by atoms with Crippen LogP contribution < -0.4 is 65.6 Å². The smallest absolute Gasteiger partial charge is 0.326 e. The second-order valence-corrected chi connectivity index (χ2v) is 33.2. The number of amides is 5. The first kappa shape index (κ1) is 102. The Hall–Kier alpha value is -15.5. The summed E-state index contributed by atoms with van der Waals surface area (Å²) in [5, 5.41) is 49.4. The lowest BCUT2D eigenvalue weighted by Crippen LogP contribution is -2.42. The molecule has 1 aliphatic rings. The summed E-state index contributed by atoms with van der Waals surface area (Å²) < 4.78 is 39.9. The van der Waals surface area contributed by atoms with E-state index < -0.39 is 53.8 Å². The molecule has 1 fully saturated rings. The summed E-state index contributed by atoms with van der Waals surface area (Å²) in [5.41, 5.74) is 10.7. The van der Waals surface area contributed by atoms with Gasteiger partial charge in [-0.1, -0.05) is 194 Å². The van der Waals surface area contributed by atoms with Gasteiger partial charge in [0.15, 0.2) is 0 Å². The fourth-order valence-corrected chi connectivity index (χ4v) is 14.8. The molecule has 0 radical (unpaired) electrons. The van der Waals surface area contributed by atoms with E-state index in [1.807, 2.05) is 182 Å². The first-order chi connectivity index (χ1) is 66.6. The highest BCUT2D eigenvalue weighted by Gasteiger charge is 2.26. The Kier molecular flexibility index (Phi) is 41.1. The molecule has 25 nitrogen and oxygen atoms in total. The van der Waals surface area contributed by atoms with Crippen LogP contribution in [-0.2, 0) is 67.6 Å². The van der Waals surface area contributed by atoms with E-state index in [1.165, 1.54) is 88.5 Å². The van der Waals surface area contributed by atoms with E-state index in [0.29, 0.717) is 78.0 Å². The molecule has 13 rings (SSSR count). The Bertz CT molecular complexity index is 5760. The molecule has 0 aromatic heterocycles. The molecule has 0 bridgehead atoms. The van der Waals surface area contributed by atoms with Crippen molar-refractivity contribution in [2.45, 2.75) is 161 Å². The number of rotatable bonds is 50. The SMILES string of the molecule is C=C(Nc1ccc(C(=O)N[C@@H](Cc2ccc(Nc3ccc(OCc4ccccc4)cc3)cc2)C(=O)O)cc1)C1CCCC1.CCCCCCCOc1ccc(Oc2ccc(C[C@H](NC(=O)c3ccc(NC(=O)COCc4ccccc4)cc3)C(=O)O)cc2)cc1.CCCCCCCOc1ccc(Oc2ccc(C[C@H](NC(=O)c3ccc(NC(=O)Cc4ccc(OC)cc4)cc3)C(=O)O)cc2)cc1. The van der Waals surface area contributed by atoms with Gasteiger partial charge in [-0.15, -0.1) is 0 Å². The maximum atomic E-state index is 12.9. The molecule has 0 saturated heterocycles. The van der Waals surface area contributed by atoms with Crippen LogP contribution in [0.3, 0.4) is 0 Å². The number of aliphatic carboxylic acids is 3. The highest BCUT2D eigenvalue weighted by atomic mass is 16.5. The van der Waals surface area contributed by atoms with Crippen molar-refractivity contribution in [3.63, 3.8) is 0 Å². The third kappa shape index (κ3) is 36.1. The van der Waals surface area contributed by atoms with Crippen LogP contribution in [0.25, 0.3) is 0 Å². The molecular weight excluding hydrogens is 1730 g/mol. The van der Waals surface area contributed by atoms with E-state index in [9.17, 15) is 53.7 Å². The topological polar surface area (TPSA) is 346 Å². The number of carbonyl (C=O) groups excluding carboxylic acids is 5. The molecule has 0 unspecified atom stereocenters. The van der Waals surface area contributed by atoms with Crippen molar-refractivity contribution in [3.05, 3.63) is 366 Å². The van der Waals surface area contributed by atoms with Crippen LogP contribution in [0.4, 0.5) is 28.4 Å². The van der Waals surface area contributed by atoms with Gasteiger partial charge in [-0.2, -0.15) is 0 Å². The van der Waals surface area contributed by atoms with Gasteiger partial charge in [0.1, 0.15) is 77.3 Å². The summed E-state index contributed by atoms with van der Waals surface area (Å²) in [6, 6.07) is 87.2. The summed E-state index contributed by atoms with van der Waals surface area (Å²) in [6.45, 7) is 10.7. The minimum Gasteiger partial charge on any atom is -0.497 e. The molecule has 1 saturated carbocycles. The average Bonchev–Trinajstić information content (AvgIpc) is 1.40. The van der Waals surface area contributed by atoms with Gasteiger partial charge in [-0.05, 0) is 259 Å². The average molecular weight is 1850 g/mol. The number of hydrogen-bond donors (Lipinski definition) is 10. The monoisotopic (exact) mass is 1850 g/mol. The van der Waals surface area contributed by atoms with Gasteiger partial charge in [0.25, 0.3) is 17.7 Å². The lowest BCUT2D eigenvalue weighted by Gasteiger charge is -2.17.